The molecule has 21 heavy (non-hydrogen) atoms. The van der Waals surface area contributed by atoms with Crippen LogP contribution in [0.3, 0.4) is 0 Å². The highest BCUT2D eigenvalue weighted by Crippen LogP contribution is 2.26. The van der Waals surface area contributed by atoms with E-state index in [4.69, 9.17) is 10.2 Å². The molecule has 2 aromatic carbocycles. The number of hydrogen-bond acceptors (Lipinski definition) is 2. The van der Waals surface area contributed by atoms with E-state index in [1.807, 2.05) is 6.07 Å². The Morgan fingerprint density at radius 3 is 2.29 bits per heavy atom. The molecule has 0 amide bonds. The molecule has 0 atom stereocenters. The van der Waals surface area contributed by atoms with Crippen molar-refractivity contribution in [3.8, 4) is 11.1 Å². The van der Waals surface area contributed by atoms with Crippen molar-refractivity contribution in [3.05, 3.63) is 59.7 Å². The summed E-state index contributed by atoms with van der Waals surface area (Å²) in [4.78, 5) is 0. The summed E-state index contributed by atoms with van der Waals surface area (Å²) in [5.41, 5.74) is 5.17. The Bertz CT molecular complexity index is 545. The van der Waals surface area contributed by atoms with E-state index >= 15 is 0 Å². The van der Waals surface area contributed by atoms with Crippen LogP contribution in [0.25, 0.3) is 11.1 Å². The van der Waals surface area contributed by atoms with E-state index in [0.717, 1.165) is 19.3 Å². The van der Waals surface area contributed by atoms with Crippen LogP contribution in [0.5, 0.6) is 0 Å². The van der Waals surface area contributed by atoms with Gasteiger partial charge in [-0.05, 0) is 41.5 Å². The van der Waals surface area contributed by atoms with E-state index in [9.17, 15) is 0 Å². The van der Waals surface area contributed by atoms with Crippen molar-refractivity contribution < 1.29 is 10.2 Å². The largest absolute Gasteiger partial charge is 0.396 e. The number of aliphatic hydroxyl groups is 2. The molecule has 0 fully saturated rings. The minimum absolute atomic E-state index is 0.0103. The smallest absolute Gasteiger partial charge is 0.0481 e. The predicted octanol–water partition coefficient (Wildman–Crippen LogP) is 3.45. The van der Waals surface area contributed by atoms with E-state index in [-0.39, 0.29) is 19.1 Å². The molecule has 0 aliphatic carbocycles. The van der Waals surface area contributed by atoms with Gasteiger partial charge in [-0.25, -0.2) is 0 Å². The van der Waals surface area contributed by atoms with Gasteiger partial charge in [0.2, 0.25) is 0 Å². The van der Waals surface area contributed by atoms with Crippen LogP contribution < -0.4 is 0 Å². The highest BCUT2D eigenvalue weighted by Gasteiger charge is 2.08. The number of benzene rings is 2. The second-order valence-corrected chi connectivity index (χ2v) is 5.48. The van der Waals surface area contributed by atoms with Gasteiger partial charge in [-0.3, -0.25) is 0 Å². The van der Waals surface area contributed by atoms with Crippen molar-refractivity contribution in [2.45, 2.75) is 26.2 Å². The van der Waals surface area contributed by atoms with Crippen molar-refractivity contribution in [2.24, 2.45) is 5.92 Å². The van der Waals surface area contributed by atoms with Crippen LogP contribution in [0.1, 0.15) is 24.5 Å². The van der Waals surface area contributed by atoms with Crippen molar-refractivity contribution in [2.75, 3.05) is 13.2 Å². The zero-order chi connectivity index (χ0) is 15.1. The molecule has 0 aliphatic rings. The molecule has 2 heteroatoms. The molecule has 0 aliphatic heterocycles. The van der Waals surface area contributed by atoms with Crippen LogP contribution in [-0.2, 0) is 12.8 Å². The second-order valence-electron chi connectivity index (χ2n) is 5.48. The van der Waals surface area contributed by atoms with Gasteiger partial charge in [0.1, 0.15) is 0 Å². The minimum Gasteiger partial charge on any atom is -0.396 e. The molecule has 2 aromatic rings. The fraction of sp³-hybridized carbons (Fsp3) is 0.368. The van der Waals surface area contributed by atoms with Gasteiger partial charge in [0.25, 0.3) is 0 Å². The lowest BCUT2D eigenvalue weighted by molar-refractivity contribution is 0.144. The first-order valence-electron chi connectivity index (χ1n) is 7.67. The Labute approximate surface area is 127 Å². The van der Waals surface area contributed by atoms with Crippen LogP contribution in [0.4, 0.5) is 0 Å². The maximum atomic E-state index is 9.14. The van der Waals surface area contributed by atoms with Crippen LogP contribution in [0, 0.1) is 5.92 Å². The minimum atomic E-state index is -0.0103. The molecule has 112 valence electrons. The summed E-state index contributed by atoms with van der Waals surface area (Å²) in [7, 11) is 0. The summed E-state index contributed by atoms with van der Waals surface area (Å²) in [5.74, 6) is -0.0103. The summed E-state index contributed by atoms with van der Waals surface area (Å²) in [5, 5.41) is 18.3. The third-order valence-electron chi connectivity index (χ3n) is 3.99. The Morgan fingerprint density at radius 1 is 0.952 bits per heavy atom. The summed E-state index contributed by atoms with van der Waals surface area (Å²) < 4.78 is 0. The quantitative estimate of drug-likeness (QED) is 0.817. The molecule has 0 bridgehead atoms. The Balaban J connectivity index is 2.17. The Kier molecular flexibility index (Phi) is 5.97. The monoisotopic (exact) mass is 284 g/mol. The summed E-state index contributed by atoms with van der Waals surface area (Å²) >= 11 is 0. The number of aryl methyl sites for hydroxylation is 2. The van der Waals surface area contributed by atoms with Crippen LogP contribution in [0.2, 0.25) is 0 Å². The Morgan fingerprint density at radius 2 is 1.67 bits per heavy atom. The van der Waals surface area contributed by atoms with Crippen LogP contribution >= 0.6 is 0 Å². The fourth-order valence-corrected chi connectivity index (χ4v) is 2.61. The van der Waals surface area contributed by atoms with Gasteiger partial charge in [0, 0.05) is 19.1 Å². The summed E-state index contributed by atoms with van der Waals surface area (Å²) in [6.45, 7) is 2.29. The van der Waals surface area contributed by atoms with Gasteiger partial charge in [-0.2, -0.15) is 0 Å². The Hall–Kier alpha value is -1.64. The van der Waals surface area contributed by atoms with Crippen molar-refractivity contribution in [3.63, 3.8) is 0 Å². The van der Waals surface area contributed by atoms with E-state index in [1.165, 1.54) is 22.3 Å². The third kappa shape index (κ3) is 4.16. The van der Waals surface area contributed by atoms with E-state index in [2.05, 4.69) is 49.4 Å². The lowest BCUT2D eigenvalue weighted by Crippen LogP contribution is -2.11. The zero-order valence-electron chi connectivity index (χ0n) is 12.6. The average molecular weight is 284 g/mol. The SMILES string of the molecule is CCc1cc(CCC(CO)CO)ccc1-c1ccccc1. The number of hydrogen-bond donors (Lipinski definition) is 2. The molecule has 0 heterocycles. The highest BCUT2D eigenvalue weighted by molar-refractivity contribution is 5.67. The fourth-order valence-electron chi connectivity index (χ4n) is 2.61. The lowest BCUT2D eigenvalue weighted by atomic mass is 9.93. The maximum absolute atomic E-state index is 9.14. The molecule has 0 saturated carbocycles. The molecule has 2 rings (SSSR count). The second kappa shape index (κ2) is 7.96. The number of rotatable bonds is 7. The van der Waals surface area contributed by atoms with Crippen molar-refractivity contribution >= 4 is 0 Å². The van der Waals surface area contributed by atoms with Crippen LogP contribution in [0.15, 0.2) is 48.5 Å². The molecule has 2 nitrogen and oxygen atoms in total. The van der Waals surface area contributed by atoms with E-state index in [1.54, 1.807) is 0 Å². The normalized spacial score (nSPS) is 11.0. The molecule has 0 unspecified atom stereocenters. The molecular weight excluding hydrogens is 260 g/mol. The van der Waals surface area contributed by atoms with Gasteiger partial charge in [-0.1, -0.05) is 55.5 Å². The topological polar surface area (TPSA) is 40.5 Å². The van der Waals surface area contributed by atoms with Crippen LogP contribution in [-0.4, -0.2) is 23.4 Å². The number of aliphatic hydroxyl groups excluding tert-OH is 2. The third-order valence-corrected chi connectivity index (χ3v) is 3.99. The molecule has 0 spiro atoms. The molecule has 0 saturated heterocycles. The highest BCUT2D eigenvalue weighted by atomic mass is 16.3. The average Bonchev–Trinajstić information content (AvgIpc) is 2.56. The predicted molar refractivity (Wildman–Crippen MR) is 87.2 cm³/mol. The maximum Gasteiger partial charge on any atom is 0.0481 e. The first-order chi connectivity index (χ1) is 10.3. The van der Waals surface area contributed by atoms with Gasteiger partial charge in [0.05, 0.1) is 0 Å². The van der Waals surface area contributed by atoms with Gasteiger partial charge < -0.3 is 10.2 Å². The van der Waals surface area contributed by atoms with Gasteiger partial charge >= 0.3 is 0 Å². The first kappa shape index (κ1) is 15.7. The first-order valence-corrected chi connectivity index (χ1v) is 7.67. The lowest BCUT2D eigenvalue weighted by Gasteiger charge is -2.13. The van der Waals surface area contributed by atoms with Gasteiger partial charge in [0.15, 0.2) is 0 Å². The zero-order valence-corrected chi connectivity index (χ0v) is 12.6. The molecular formula is C19H24O2. The summed E-state index contributed by atoms with van der Waals surface area (Å²) in [6.07, 6.45) is 2.72. The van der Waals surface area contributed by atoms with Crippen molar-refractivity contribution in [1.29, 1.82) is 0 Å². The van der Waals surface area contributed by atoms with Gasteiger partial charge in [-0.15, -0.1) is 0 Å². The standard InChI is InChI=1S/C19H24O2/c1-2-17-12-15(8-9-16(13-20)14-21)10-11-19(17)18-6-4-3-5-7-18/h3-7,10-12,16,20-21H,2,8-9,13-14H2,1H3. The van der Waals surface area contributed by atoms with E-state index < -0.39 is 0 Å². The summed E-state index contributed by atoms with van der Waals surface area (Å²) in [6, 6.07) is 17.1. The van der Waals surface area contributed by atoms with E-state index in [0.29, 0.717) is 0 Å². The molecule has 2 N–H and O–H groups in total. The van der Waals surface area contributed by atoms with Crippen molar-refractivity contribution in [1.82, 2.24) is 0 Å². The molecule has 0 radical (unpaired) electrons. The molecule has 0 aromatic heterocycles.